The van der Waals surface area contributed by atoms with Crippen LogP contribution in [0.5, 0.6) is 5.88 Å². The van der Waals surface area contributed by atoms with E-state index in [-0.39, 0.29) is 5.97 Å². The lowest BCUT2D eigenvalue weighted by Crippen LogP contribution is -2.11. The van der Waals surface area contributed by atoms with Gasteiger partial charge in [0.05, 0.1) is 16.3 Å². The van der Waals surface area contributed by atoms with Crippen LogP contribution in [-0.2, 0) is 4.79 Å². The number of benzene rings is 2. The number of para-hydroxylation sites is 1. The number of nitrogens with zero attached hydrogens (tertiary/aromatic N) is 2. The summed E-state index contributed by atoms with van der Waals surface area (Å²) >= 11 is 1.56. The Morgan fingerprint density at radius 3 is 2.42 bits per heavy atom. The Morgan fingerprint density at radius 1 is 1.08 bits per heavy atom. The summed E-state index contributed by atoms with van der Waals surface area (Å²) in [6, 6.07) is 18.0. The average Bonchev–Trinajstić information content (AvgIpc) is 2.94. The number of esters is 1. The molecule has 3 aromatic rings. The van der Waals surface area contributed by atoms with Crippen LogP contribution in [0.3, 0.4) is 0 Å². The van der Waals surface area contributed by atoms with Gasteiger partial charge in [-0.25, -0.2) is 0 Å². The highest BCUT2D eigenvalue weighted by atomic mass is 32.2. The molecule has 0 fully saturated rings. The number of carbonyl (C=O) groups is 1. The Balaban J connectivity index is 2.03. The van der Waals surface area contributed by atoms with Gasteiger partial charge in [0.15, 0.2) is 0 Å². The zero-order chi connectivity index (χ0) is 18.5. The van der Waals surface area contributed by atoms with Crippen molar-refractivity contribution in [3.63, 3.8) is 0 Å². The molecular formula is C21H22N2O2S. The Labute approximate surface area is 158 Å². The number of hydrogen-bond donors (Lipinski definition) is 0. The van der Waals surface area contributed by atoms with Gasteiger partial charge in [0.2, 0.25) is 5.88 Å². The monoisotopic (exact) mass is 366 g/mol. The van der Waals surface area contributed by atoms with Crippen molar-refractivity contribution in [1.29, 1.82) is 0 Å². The number of aromatic nitrogens is 2. The second kappa shape index (κ2) is 8.23. The Bertz CT molecular complexity index is 886. The third-order valence-corrected chi connectivity index (χ3v) is 5.05. The van der Waals surface area contributed by atoms with Crippen molar-refractivity contribution in [2.45, 2.75) is 43.4 Å². The van der Waals surface area contributed by atoms with E-state index in [0.717, 1.165) is 27.6 Å². The van der Waals surface area contributed by atoms with E-state index in [1.807, 2.05) is 44.2 Å². The molecule has 1 heterocycles. The van der Waals surface area contributed by atoms with Gasteiger partial charge in [-0.3, -0.25) is 4.79 Å². The summed E-state index contributed by atoms with van der Waals surface area (Å²) in [5.41, 5.74) is 2.91. The summed E-state index contributed by atoms with van der Waals surface area (Å²) < 4.78 is 7.44. The lowest BCUT2D eigenvalue weighted by Gasteiger charge is -2.10. The Kier molecular flexibility index (Phi) is 5.78. The smallest absolute Gasteiger partial charge is 0.312 e. The first-order valence-electron chi connectivity index (χ1n) is 8.68. The highest BCUT2D eigenvalue weighted by molar-refractivity contribution is 7.99. The van der Waals surface area contributed by atoms with Gasteiger partial charge in [0.25, 0.3) is 0 Å². The van der Waals surface area contributed by atoms with E-state index >= 15 is 0 Å². The van der Waals surface area contributed by atoms with Gasteiger partial charge in [0, 0.05) is 11.3 Å². The standard InChI is InChI=1S/C21H22N2O2S/c1-4-8-19(24)25-21-20(26-18-13-11-15(2)12-14-18)16(3)22-23(21)17-9-6-5-7-10-17/h5-7,9-14H,4,8H2,1-3H3. The van der Waals surface area contributed by atoms with Gasteiger partial charge in [-0.05, 0) is 44.5 Å². The molecule has 0 N–H and O–H groups in total. The number of carbonyl (C=O) groups excluding carboxylic acids is 1. The molecule has 0 radical (unpaired) electrons. The van der Waals surface area contributed by atoms with Gasteiger partial charge in [-0.15, -0.1) is 0 Å². The van der Waals surface area contributed by atoms with Crippen LogP contribution in [0, 0.1) is 13.8 Å². The van der Waals surface area contributed by atoms with Gasteiger partial charge in [0.1, 0.15) is 0 Å². The maximum Gasteiger partial charge on any atom is 0.312 e. The lowest BCUT2D eigenvalue weighted by molar-refractivity contribution is -0.134. The highest BCUT2D eigenvalue weighted by Crippen LogP contribution is 2.39. The maximum absolute atomic E-state index is 12.2. The second-order valence-corrected chi connectivity index (χ2v) is 7.19. The first-order chi connectivity index (χ1) is 12.6. The van der Waals surface area contributed by atoms with E-state index in [2.05, 4.69) is 36.3 Å². The van der Waals surface area contributed by atoms with E-state index in [1.54, 1.807) is 16.4 Å². The van der Waals surface area contributed by atoms with Crippen LogP contribution in [0.25, 0.3) is 5.69 Å². The molecule has 0 saturated heterocycles. The molecular weight excluding hydrogens is 344 g/mol. The number of ether oxygens (including phenoxy) is 1. The molecule has 0 aliphatic heterocycles. The fourth-order valence-electron chi connectivity index (χ4n) is 2.53. The average molecular weight is 366 g/mol. The van der Waals surface area contributed by atoms with Crippen LogP contribution in [-0.4, -0.2) is 15.7 Å². The van der Waals surface area contributed by atoms with Crippen molar-refractivity contribution in [1.82, 2.24) is 9.78 Å². The van der Waals surface area contributed by atoms with Crippen LogP contribution >= 0.6 is 11.8 Å². The molecule has 3 rings (SSSR count). The summed E-state index contributed by atoms with van der Waals surface area (Å²) in [6.07, 6.45) is 1.13. The van der Waals surface area contributed by atoms with E-state index < -0.39 is 0 Å². The summed E-state index contributed by atoms with van der Waals surface area (Å²) in [5.74, 6) is 0.244. The van der Waals surface area contributed by atoms with Crippen molar-refractivity contribution in [2.24, 2.45) is 0 Å². The van der Waals surface area contributed by atoms with Crippen LogP contribution < -0.4 is 4.74 Å². The first kappa shape index (κ1) is 18.3. The first-order valence-corrected chi connectivity index (χ1v) is 9.50. The van der Waals surface area contributed by atoms with Crippen molar-refractivity contribution < 1.29 is 9.53 Å². The van der Waals surface area contributed by atoms with Gasteiger partial charge >= 0.3 is 5.97 Å². The molecule has 0 amide bonds. The molecule has 0 unspecified atom stereocenters. The number of rotatable bonds is 6. The molecule has 0 aliphatic carbocycles. The highest BCUT2D eigenvalue weighted by Gasteiger charge is 2.21. The van der Waals surface area contributed by atoms with E-state index in [9.17, 15) is 4.79 Å². The zero-order valence-electron chi connectivity index (χ0n) is 15.2. The summed E-state index contributed by atoms with van der Waals surface area (Å²) in [7, 11) is 0. The van der Waals surface area contributed by atoms with Crippen molar-refractivity contribution in [2.75, 3.05) is 0 Å². The molecule has 134 valence electrons. The largest absolute Gasteiger partial charge is 0.406 e. The van der Waals surface area contributed by atoms with Crippen molar-refractivity contribution in [3.8, 4) is 11.6 Å². The second-order valence-electron chi connectivity index (χ2n) is 6.11. The minimum atomic E-state index is -0.240. The third kappa shape index (κ3) is 4.17. The molecule has 0 atom stereocenters. The van der Waals surface area contributed by atoms with E-state index in [0.29, 0.717) is 12.3 Å². The topological polar surface area (TPSA) is 44.1 Å². The SMILES string of the molecule is CCCC(=O)Oc1c(Sc2ccc(C)cc2)c(C)nn1-c1ccccc1. The molecule has 1 aromatic heterocycles. The molecule has 0 aliphatic rings. The van der Waals surface area contributed by atoms with Crippen LogP contribution in [0.4, 0.5) is 0 Å². The number of aryl methyl sites for hydroxylation is 2. The molecule has 26 heavy (non-hydrogen) atoms. The molecule has 0 bridgehead atoms. The van der Waals surface area contributed by atoms with E-state index in [1.165, 1.54) is 5.56 Å². The van der Waals surface area contributed by atoms with Crippen molar-refractivity contribution >= 4 is 17.7 Å². The minimum absolute atomic E-state index is 0.240. The quantitative estimate of drug-likeness (QED) is 0.552. The fraction of sp³-hybridized carbons (Fsp3) is 0.238. The predicted octanol–water partition coefficient (Wildman–Crippen LogP) is 5.35. The Morgan fingerprint density at radius 2 is 1.77 bits per heavy atom. The third-order valence-electron chi connectivity index (χ3n) is 3.87. The molecule has 0 saturated carbocycles. The zero-order valence-corrected chi connectivity index (χ0v) is 16.0. The molecule has 4 nitrogen and oxygen atoms in total. The molecule has 5 heteroatoms. The minimum Gasteiger partial charge on any atom is -0.406 e. The number of hydrogen-bond acceptors (Lipinski definition) is 4. The van der Waals surface area contributed by atoms with Gasteiger partial charge < -0.3 is 4.74 Å². The molecule has 2 aromatic carbocycles. The van der Waals surface area contributed by atoms with Crippen molar-refractivity contribution in [3.05, 3.63) is 65.9 Å². The predicted molar refractivity (Wildman–Crippen MR) is 104 cm³/mol. The summed E-state index contributed by atoms with van der Waals surface area (Å²) in [6.45, 7) is 5.96. The van der Waals surface area contributed by atoms with E-state index in [4.69, 9.17) is 4.74 Å². The lowest BCUT2D eigenvalue weighted by atomic mass is 10.2. The Hall–Kier alpha value is -2.53. The fourth-order valence-corrected chi connectivity index (χ4v) is 3.44. The normalized spacial score (nSPS) is 10.7. The van der Waals surface area contributed by atoms with Crippen LogP contribution in [0.15, 0.2) is 64.4 Å². The van der Waals surface area contributed by atoms with Crippen LogP contribution in [0.2, 0.25) is 0 Å². The molecule has 0 spiro atoms. The van der Waals surface area contributed by atoms with Crippen LogP contribution in [0.1, 0.15) is 31.0 Å². The van der Waals surface area contributed by atoms with Gasteiger partial charge in [-0.2, -0.15) is 9.78 Å². The summed E-state index contributed by atoms with van der Waals surface area (Å²) in [5, 5.41) is 4.63. The maximum atomic E-state index is 12.2. The summed E-state index contributed by atoms with van der Waals surface area (Å²) in [4.78, 5) is 14.1. The van der Waals surface area contributed by atoms with Gasteiger partial charge in [-0.1, -0.05) is 54.6 Å².